The standard InChI is InChI=1S/C30H36ClN3O6S/c1-6-26(30(36)32-21(2)3)33(19-22-11-10-12-24(17-22)39-4)29(35)20-34(27-18-23(31)15-16-28(27)40-5)41(37,38)25-13-8-7-9-14-25/h7-18,21,26H,6,19-20H2,1-5H3,(H,32,36)/t26-/m0/s1. The Balaban J connectivity index is 2.13. The lowest BCUT2D eigenvalue weighted by Gasteiger charge is -2.34. The van der Waals surface area contributed by atoms with E-state index >= 15 is 0 Å². The molecule has 0 aliphatic heterocycles. The molecule has 220 valence electrons. The highest BCUT2D eigenvalue weighted by atomic mass is 35.5. The predicted molar refractivity (Wildman–Crippen MR) is 160 cm³/mol. The number of anilines is 1. The maximum absolute atomic E-state index is 14.2. The Morgan fingerprint density at radius 1 is 0.951 bits per heavy atom. The van der Waals surface area contributed by atoms with Gasteiger partial charge in [-0.15, -0.1) is 0 Å². The number of hydrogen-bond acceptors (Lipinski definition) is 6. The van der Waals surface area contributed by atoms with Gasteiger partial charge in [0.05, 0.1) is 24.8 Å². The molecule has 0 unspecified atom stereocenters. The second kappa shape index (κ2) is 14.2. The van der Waals surface area contributed by atoms with E-state index in [4.69, 9.17) is 21.1 Å². The first-order chi connectivity index (χ1) is 19.5. The number of ether oxygens (including phenoxy) is 2. The van der Waals surface area contributed by atoms with Crippen molar-refractivity contribution in [2.24, 2.45) is 0 Å². The summed E-state index contributed by atoms with van der Waals surface area (Å²) in [6.07, 6.45) is 0.306. The van der Waals surface area contributed by atoms with Crippen LogP contribution in [-0.4, -0.2) is 58.0 Å². The molecule has 0 aromatic heterocycles. The summed E-state index contributed by atoms with van der Waals surface area (Å²) < 4.78 is 39.8. The van der Waals surface area contributed by atoms with E-state index < -0.39 is 28.5 Å². The Kier molecular flexibility index (Phi) is 11.0. The average Bonchev–Trinajstić information content (AvgIpc) is 2.95. The number of carbonyl (C=O) groups is 2. The summed E-state index contributed by atoms with van der Waals surface area (Å²) in [6.45, 7) is 4.90. The zero-order valence-electron chi connectivity index (χ0n) is 23.8. The van der Waals surface area contributed by atoms with E-state index in [1.54, 1.807) is 49.4 Å². The van der Waals surface area contributed by atoms with Crippen molar-refractivity contribution in [3.8, 4) is 11.5 Å². The van der Waals surface area contributed by atoms with E-state index in [1.807, 2.05) is 19.9 Å². The molecular formula is C30H36ClN3O6S. The highest BCUT2D eigenvalue weighted by Gasteiger charge is 2.35. The van der Waals surface area contributed by atoms with Crippen molar-refractivity contribution in [1.82, 2.24) is 10.2 Å². The lowest BCUT2D eigenvalue weighted by atomic mass is 10.1. The van der Waals surface area contributed by atoms with Crippen LogP contribution in [0.25, 0.3) is 0 Å². The number of halogens is 1. The van der Waals surface area contributed by atoms with Gasteiger partial charge in [-0.2, -0.15) is 0 Å². The quantitative estimate of drug-likeness (QED) is 0.299. The minimum atomic E-state index is -4.26. The van der Waals surface area contributed by atoms with Crippen LogP contribution in [0, 0.1) is 0 Å². The summed E-state index contributed by atoms with van der Waals surface area (Å²) >= 11 is 6.27. The molecule has 3 rings (SSSR count). The normalized spacial score (nSPS) is 12.0. The number of nitrogens with one attached hydrogen (secondary N) is 1. The molecular weight excluding hydrogens is 566 g/mol. The van der Waals surface area contributed by atoms with Crippen LogP contribution in [0.5, 0.6) is 11.5 Å². The Morgan fingerprint density at radius 2 is 1.66 bits per heavy atom. The van der Waals surface area contributed by atoms with Crippen LogP contribution >= 0.6 is 11.6 Å². The van der Waals surface area contributed by atoms with Gasteiger partial charge in [-0.05, 0) is 68.3 Å². The van der Waals surface area contributed by atoms with Gasteiger partial charge < -0.3 is 19.7 Å². The molecule has 3 aromatic carbocycles. The summed E-state index contributed by atoms with van der Waals surface area (Å²) in [5.41, 5.74) is 0.810. The minimum absolute atomic E-state index is 0.0150. The Labute approximate surface area is 247 Å². The molecule has 0 heterocycles. The SMILES string of the molecule is CC[C@@H](C(=O)NC(C)C)N(Cc1cccc(OC)c1)C(=O)CN(c1cc(Cl)ccc1OC)S(=O)(=O)c1ccccc1. The first kappa shape index (κ1) is 31.8. The summed E-state index contributed by atoms with van der Waals surface area (Å²) in [4.78, 5) is 28.8. The summed E-state index contributed by atoms with van der Waals surface area (Å²) in [6, 6.07) is 18.5. The zero-order valence-corrected chi connectivity index (χ0v) is 25.4. The summed E-state index contributed by atoms with van der Waals surface area (Å²) in [7, 11) is -1.32. The highest BCUT2D eigenvalue weighted by Crippen LogP contribution is 2.35. The molecule has 11 heteroatoms. The largest absolute Gasteiger partial charge is 0.497 e. The predicted octanol–water partition coefficient (Wildman–Crippen LogP) is 4.88. The highest BCUT2D eigenvalue weighted by molar-refractivity contribution is 7.92. The first-order valence-electron chi connectivity index (χ1n) is 13.2. The fraction of sp³-hybridized carbons (Fsp3) is 0.333. The maximum atomic E-state index is 14.2. The van der Waals surface area contributed by atoms with E-state index in [2.05, 4.69) is 5.32 Å². The van der Waals surface area contributed by atoms with Crippen LogP contribution in [0.3, 0.4) is 0 Å². The molecule has 0 saturated heterocycles. The Hall–Kier alpha value is -3.76. The van der Waals surface area contributed by atoms with Crippen LogP contribution < -0.4 is 19.1 Å². The summed E-state index contributed by atoms with van der Waals surface area (Å²) in [5.74, 6) is -0.117. The number of carbonyl (C=O) groups excluding carboxylic acids is 2. The molecule has 0 saturated carbocycles. The molecule has 2 amide bonds. The summed E-state index contributed by atoms with van der Waals surface area (Å²) in [5, 5.41) is 3.14. The molecule has 0 aliphatic rings. The molecule has 9 nitrogen and oxygen atoms in total. The van der Waals surface area contributed by atoms with Crippen molar-refractivity contribution in [3.63, 3.8) is 0 Å². The van der Waals surface area contributed by atoms with Crippen LogP contribution in [0.1, 0.15) is 32.8 Å². The van der Waals surface area contributed by atoms with Crippen molar-refractivity contribution in [2.45, 2.75) is 50.7 Å². The Bertz CT molecular complexity index is 1450. The number of methoxy groups -OCH3 is 2. The van der Waals surface area contributed by atoms with Gasteiger partial charge in [0.1, 0.15) is 24.1 Å². The molecule has 0 radical (unpaired) electrons. The van der Waals surface area contributed by atoms with E-state index in [-0.39, 0.29) is 39.8 Å². The zero-order chi connectivity index (χ0) is 30.2. The maximum Gasteiger partial charge on any atom is 0.264 e. The van der Waals surface area contributed by atoms with E-state index in [1.165, 1.54) is 43.4 Å². The number of sulfonamides is 1. The molecule has 41 heavy (non-hydrogen) atoms. The van der Waals surface area contributed by atoms with Gasteiger partial charge in [0.25, 0.3) is 10.0 Å². The van der Waals surface area contributed by atoms with Gasteiger partial charge in [0.2, 0.25) is 11.8 Å². The second-order valence-electron chi connectivity index (χ2n) is 9.60. The fourth-order valence-corrected chi connectivity index (χ4v) is 5.96. The van der Waals surface area contributed by atoms with Crippen molar-refractivity contribution >= 4 is 39.1 Å². The van der Waals surface area contributed by atoms with E-state index in [0.29, 0.717) is 17.7 Å². The topological polar surface area (TPSA) is 105 Å². The number of rotatable bonds is 13. The number of benzene rings is 3. The number of nitrogens with zero attached hydrogens (tertiary/aromatic N) is 2. The van der Waals surface area contributed by atoms with Crippen LogP contribution in [0.4, 0.5) is 5.69 Å². The van der Waals surface area contributed by atoms with Crippen molar-refractivity contribution in [1.29, 1.82) is 0 Å². The molecule has 0 fully saturated rings. The van der Waals surface area contributed by atoms with Gasteiger partial charge in [-0.1, -0.05) is 48.9 Å². The number of amides is 2. The third-order valence-electron chi connectivity index (χ3n) is 6.32. The molecule has 1 N–H and O–H groups in total. The molecule has 1 atom stereocenters. The molecule has 0 bridgehead atoms. The van der Waals surface area contributed by atoms with Gasteiger partial charge >= 0.3 is 0 Å². The third-order valence-corrected chi connectivity index (χ3v) is 8.33. The van der Waals surface area contributed by atoms with Crippen molar-refractivity contribution in [2.75, 3.05) is 25.1 Å². The van der Waals surface area contributed by atoms with E-state index in [9.17, 15) is 18.0 Å². The lowest BCUT2D eigenvalue weighted by Crippen LogP contribution is -2.53. The van der Waals surface area contributed by atoms with Gasteiger partial charge in [-0.3, -0.25) is 13.9 Å². The van der Waals surface area contributed by atoms with Gasteiger partial charge in [0, 0.05) is 17.6 Å². The average molecular weight is 602 g/mol. The van der Waals surface area contributed by atoms with Gasteiger partial charge in [-0.25, -0.2) is 8.42 Å². The number of hydrogen-bond donors (Lipinski definition) is 1. The smallest absolute Gasteiger partial charge is 0.264 e. The van der Waals surface area contributed by atoms with Crippen molar-refractivity contribution in [3.05, 3.63) is 83.4 Å². The molecule has 0 aliphatic carbocycles. The van der Waals surface area contributed by atoms with Crippen molar-refractivity contribution < 1.29 is 27.5 Å². The third kappa shape index (κ3) is 7.92. The van der Waals surface area contributed by atoms with Crippen LogP contribution in [0.15, 0.2) is 77.7 Å². The van der Waals surface area contributed by atoms with Crippen LogP contribution in [0.2, 0.25) is 5.02 Å². The monoisotopic (exact) mass is 601 g/mol. The second-order valence-corrected chi connectivity index (χ2v) is 11.9. The first-order valence-corrected chi connectivity index (χ1v) is 15.0. The van der Waals surface area contributed by atoms with Crippen LogP contribution in [-0.2, 0) is 26.2 Å². The van der Waals surface area contributed by atoms with Gasteiger partial charge in [0.15, 0.2) is 0 Å². The Morgan fingerprint density at radius 3 is 2.27 bits per heavy atom. The lowest BCUT2D eigenvalue weighted by molar-refractivity contribution is -0.140. The fourth-order valence-electron chi connectivity index (χ4n) is 4.36. The van der Waals surface area contributed by atoms with E-state index in [0.717, 1.165) is 4.31 Å². The molecule has 3 aromatic rings. The minimum Gasteiger partial charge on any atom is -0.497 e. The molecule has 0 spiro atoms.